The van der Waals surface area contributed by atoms with Crippen LogP contribution in [0.15, 0.2) is 12.1 Å². The Kier molecular flexibility index (Phi) is 3.43. The molecule has 1 aromatic rings. The van der Waals surface area contributed by atoms with Crippen LogP contribution in [0.25, 0.3) is 0 Å². The van der Waals surface area contributed by atoms with Crippen LogP contribution in [0.3, 0.4) is 0 Å². The van der Waals surface area contributed by atoms with E-state index in [2.05, 4.69) is 5.32 Å². The summed E-state index contributed by atoms with van der Waals surface area (Å²) in [5, 5.41) is 12.9. The Bertz CT molecular complexity index is 586. The zero-order chi connectivity index (χ0) is 15.1. The number of nitrogens with one attached hydrogen (secondary N) is 1. The van der Waals surface area contributed by atoms with Crippen molar-refractivity contribution in [3.63, 3.8) is 0 Å². The van der Waals surface area contributed by atoms with Crippen molar-refractivity contribution in [2.75, 3.05) is 5.32 Å². The molecule has 20 heavy (non-hydrogen) atoms. The second-order valence-corrected chi connectivity index (χ2v) is 5.05. The van der Waals surface area contributed by atoms with Gasteiger partial charge in [-0.05, 0) is 25.7 Å². The Balaban J connectivity index is 2.33. The third kappa shape index (κ3) is 2.60. The van der Waals surface area contributed by atoms with Crippen LogP contribution < -0.4 is 11.1 Å². The van der Waals surface area contributed by atoms with Gasteiger partial charge in [-0.1, -0.05) is 0 Å². The Labute approximate surface area is 113 Å². The van der Waals surface area contributed by atoms with Crippen LogP contribution in [-0.4, -0.2) is 16.4 Å². The summed E-state index contributed by atoms with van der Waals surface area (Å²) in [6.07, 6.45) is 1.54. The van der Waals surface area contributed by atoms with Crippen molar-refractivity contribution >= 4 is 17.3 Å². The molecule has 3 N–H and O–H groups in total. The molecule has 108 valence electrons. The molecule has 0 spiro atoms. The molecule has 0 aliphatic heterocycles. The predicted octanol–water partition coefficient (Wildman–Crippen LogP) is 1.94. The van der Waals surface area contributed by atoms with Crippen LogP contribution in [-0.2, 0) is 4.79 Å². The quantitative estimate of drug-likeness (QED) is 0.652. The second-order valence-electron chi connectivity index (χ2n) is 5.05. The molecule has 1 atom stereocenters. The van der Waals surface area contributed by atoms with Crippen LogP contribution in [0.5, 0.6) is 0 Å². The highest BCUT2D eigenvalue weighted by Gasteiger charge is 2.44. The third-order valence-corrected chi connectivity index (χ3v) is 3.38. The number of nitro groups is 1. The fourth-order valence-corrected chi connectivity index (χ4v) is 1.94. The summed E-state index contributed by atoms with van der Waals surface area (Å²) in [7, 11) is 0. The minimum absolute atomic E-state index is 0.0370. The Hall–Kier alpha value is -2.09. The van der Waals surface area contributed by atoms with Gasteiger partial charge in [0.2, 0.25) is 5.91 Å². The summed E-state index contributed by atoms with van der Waals surface area (Å²) in [5.74, 6) is -3.07. The fraction of sp³-hybridized carbons (Fsp3) is 0.417. The van der Waals surface area contributed by atoms with Gasteiger partial charge in [0.1, 0.15) is 5.82 Å². The molecule has 1 aromatic carbocycles. The van der Waals surface area contributed by atoms with Gasteiger partial charge < -0.3 is 11.1 Å². The van der Waals surface area contributed by atoms with Crippen molar-refractivity contribution in [3.05, 3.63) is 33.9 Å². The van der Waals surface area contributed by atoms with E-state index in [-0.39, 0.29) is 5.92 Å². The second kappa shape index (κ2) is 4.78. The molecule has 1 fully saturated rings. The lowest BCUT2D eigenvalue weighted by Gasteiger charge is -2.23. The van der Waals surface area contributed by atoms with Gasteiger partial charge in [0.05, 0.1) is 16.5 Å². The standard InChI is InChI=1S/C12H13F2N3O3/c1-12(15,6-2-3-6)11(18)16-10-8(14)4-7(13)5-9(10)17(19)20/h4-6H,2-3,15H2,1H3,(H,16,18). The van der Waals surface area contributed by atoms with Gasteiger partial charge in [0.25, 0.3) is 5.69 Å². The molecule has 1 aliphatic rings. The van der Waals surface area contributed by atoms with Gasteiger partial charge in [-0.15, -0.1) is 0 Å². The number of halogens is 2. The number of nitrogens with two attached hydrogens (primary N) is 1. The summed E-state index contributed by atoms with van der Waals surface area (Å²) >= 11 is 0. The maximum atomic E-state index is 13.6. The van der Waals surface area contributed by atoms with Crippen LogP contribution in [0.2, 0.25) is 0 Å². The van der Waals surface area contributed by atoms with Crippen LogP contribution in [0, 0.1) is 27.7 Å². The maximum Gasteiger partial charge on any atom is 0.298 e. The molecule has 0 heterocycles. The topological polar surface area (TPSA) is 98.3 Å². The first-order valence-electron chi connectivity index (χ1n) is 5.97. The highest BCUT2D eigenvalue weighted by Crippen LogP contribution is 2.39. The van der Waals surface area contributed by atoms with Crippen molar-refractivity contribution in [2.45, 2.75) is 25.3 Å². The lowest BCUT2D eigenvalue weighted by atomic mass is 9.96. The number of amides is 1. The number of benzene rings is 1. The molecule has 1 saturated carbocycles. The number of carbonyl (C=O) groups excluding carboxylic acids is 1. The molecule has 1 unspecified atom stereocenters. The lowest BCUT2D eigenvalue weighted by molar-refractivity contribution is -0.384. The highest BCUT2D eigenvalue weighted by molar-refractivity contribution is 5.99. The van der Waals surface area contributed by atoms with Crippen LogP contribution in [0.4, 0.5) is 20.2 Å². The number of hydrogen-bond donors (Lipinski definition) is 2. The average molecular weight is 285 g/mol. The van der Waals surface area contributed by atoms with E-state index < -0.39 is 39.4 Å². The molecule has 0 saturated heterocycles. The van der Waals surface area contributed by atoms with E-state index in [9.17, 15) is 23.7 Å². The molecular formula is C12H13F2N3O3. The fourth-order valence-electron chi connectivity index (χ4n) is 1.94. The summed E-state index contributed by atoms with van der Waals surface area (Å²) in [4.78, 5) is 21.8. The molecule has 2 rings (SSSR count). The van der Waals surface area contributed by atoms with Crippen LogP contribution >= 0.6 is 0 Å². The molecular weight excluding hydrogens is 272 g/mol. The third-order valence-electron chi connectivity index (χ3n) is 3.38. The largest absolute Gasteiger partial charge is 0.317 e. The molecule has 0 aromatic heterocycles. The first kappa shape index (κ1) is 14.3. The number of hydrogen-bond acceptors (Lipinski definition) is 4. The van der Waals surface area contributed by atoms with E-state index in [1.807, 2.05) is 0 Å². The normalized spacial score (nSPS) is 17.4. The summed E-state index contributed by atoms with van der Waals surface area (Å²) in [6, 6.07) is 1.01. The minimum atomic E-state index is -1.24. The highest BCUT2D eigenvalue weighted by atomic mass is 19.1. The summed E-state index contributed by atoms with van der Waals surface area (Å²) in [5.41, 5.74) is 3.09. The molecule has 0 radical (unpaired) electrons. The van der Waals surface area contributed by atoms with E-state index in [1.165, 1.54) is 6.92 Å². The van der Waals surface area contributed by atoms with E-state index in [4.69, 9.17) is 5.73 Å². The Morgan fingerprint density at radius 2 is 2.10 bits per heavy atom. The van der Waals surface area contributed by atoms with Crippen molar-refractivity contribution < 1.29 is 18.5 Å². The van der Waals surface area contributed by atoms with Gasteiger partial charge in [-0.3, -0.25) is 14.9 Å². The molecule has 1 amide bonds. The zero-order valence-electron chi connectivity index (χ0n) is 10.7. The minimum Gasteiger partial charge on any atom is -0.317 e. The lowest BCUT2D eigenvalue weighted by Crippen LogP contribution is -2.50. The van der Waals surface area contributed by atoms with Crippen molar-refractivity contribution in [1.82, 2.24) is 0 Å². The summed E-state index contributed by atoms with van der Waals surface area (Å²) < 4.78 is 26.6. The van der Waals surface area contributed by atoms with Gasteiger partial charge >= 0.3 is 0 Å². The molecule has 0 bridgehead atoms. The average Bonchev–Trinajstić information content (AvgIpc) is 3.15. The van der Waals surface area contributed by atoms with Gasteiger partial charge in [0.15, 0.2) is 11.5 Å². The SMILES string of the molecule is CC(N)(C(=O)Nc1c(F)cc(F)cc1[N+](=O)[O-])C1CC1. The molecule has 1 aliphatic carbocycles. The Morgan fingerprint density at radius 3 is 2.60 bits per heavy atom. The zero-order valence-corrected chi connectivity index (χ0v) is 10.7. The molecule has 6 nitrogen and oxygen atoms in total. The summed E-state index contributed by atoms with van der Waals surface area (Å²) in [6.45, 7) is 1.48. The van der Waals surface area contributed by atoms with Crippen molar-refractivity contribution in [3.8, 4) is 0 Å². The van der Waals surface area contributed by atoms with Gasteiger partial charge in [-0.2, -0.15) is 0 Å². The van der Waals surface area contributed by atoms with E-state index in [0.717, 1.165) is 12.8 Å². The van der Waals surface area contributed by atoms with Crippen LogP contribution in [0.1, 0.15) is 19.8 Å². The van der Waals surface area contributed by atoms with Crippen molar-refractivity contribution in [1.29, 1.82) is 0 Å². The first-order chi connectivity index (χ1) is 9.23. The Morgan fingerprint density at radius 1 is 1.50 bits per heavy atom. The van der Waals surface area contributed by atoms with Gasteiger partial charge in [-0.25, -0.2) is 8.78 Å². The number of rotatable bonds is 4. The predicted molar refractivity (Wildman–Crippen MR) is 67.0 cm³/mol. The van der Waals surface area contributed by atoms with E-state index in [1.54, 1.807) is 0 Å². The maximum absolute atomic E-state index is 13.6. The number of nitro benzene ring substituents is 1. The van der Waals surface area contributed by atoms with Crippen molar-refractivity contribution in [2.24, 2.45) is 11.7 Å². The smallest absolute Gasteiger partial charge is 0.298 e. The van der Waals surface area contributed by atoms with Gasteiger partial charge in [0, 0.05) is 6.07 Å². The molecule has 8 heteroatoms. The monoisotopic (exact) mass is 285 g/mol. The number of anilines is 1. The number of nitrogens with zero attached hydrogens (tertiary/aromatic N) is 1. The number of carbonyl (C=O) groups is 1. The van der Waals surface area contributed by atoms with E-state index >= 15 is 0 Å². The van der Waals surface area contributed by atoms with E-state index in [0.29, 0.717) is 12.1 Å². The first-order valence-corrected chi connectivity index (χ1v) is 5.97.